The molecule has 8 rings (SSSR count). The fourth-order valence-corrected chi connectivity index (χ4v) is 6.04. The summed E-state index contributed by atoms with van der Waals surface area (Å²) in [4.78, 5) is 0. The first-order valence-electron chi connectivity index (χ1n) is 16.9. The number of halogens is 2. The molecule has 4 heteroatoms. The summed E-state index contributed by atoms with van der Waals surface area (Å²) in [5.74, 6) is 0. The summed E-state index contributed by atoms with van der Waals surface area (Å²) in [6.07, 6.45) is 0. The van der Waals surface area contributed by atoms with E-state index in [9.17, 15) is 0 Å². The van der Waals surface area contributed by atoms with Crippen LogP contribution in [-0.4, -0.2) is 9.52 Å². The van der Waals surface area contributed by atoms with E-state index in [2.05, 4.69) is 219 Å². The van der Waals surface area contributed by atoms with Crippen LogP contribution < -0.4 is 24.8 Å². The normalized spacial score (nSPS) is 9.73. The zero-order valence-electron chi connectivity index (χ0n) is 29.4. The van der Waals surface area contributed by atoms with Crippen molar-refractivity contribution in [2.45, 2.75) is 13.1 Å². The van der Waals surface area contributed by atoms with Crippen molar-refractivity contribution >= 4 is 9.52 Å². The number of hydrogen-bond acceptors (Lipinski definition) is 0. The maximum Gasteiger partial charge on any atom is 2.00 e. The first kappa shape index (κ1) is 42.0. The van der Waals surface area contributed by atoms with Crippen LogP contribution in [-0.2, 0) is 22.4 Å². The quantitative estimate of drug-likeness (QED) is 0.121. The Morgan fingerprint density at radius 1 is 0.327 bits per heavy atom. The van der Waals surface area contributed by atoms with E-state index in [1.54, 1.807) is 0 Å². The van der Waals surface area contributed by atoms with Crippen LogP contribution in [0.1, 0.15) is 0 Å². The predicted molar refractivity (Wildman–Crippen MR) is 216 cm³/mol. The maximum atomic E-state index is 2.30. The predicted octanol–water partition coefficient (Wildman–Crippen LogP) is 7.34. The largest absolute Gasteiger partial charge is 2.00 e. The molecule has 0 amide bonds. The molecule has 0 saturated carbocycles. The van der Waals surface area contributed by atoms with Crippen molar-refractivity contribution in [2.24, 2.45) is 0 Å². The van der Waals surface area contributed by atoms with Crippen molar-refractivity contribution in [2.75, 3.05) is 0 Å². The zero-order valence-corrected chi connectivity index (χ0v) is 35.3. The van der Waals surface area contributed by atoms with Gasteiger partial charge in [-0.05, 0) is 0 Å². The van der Waals surface area contributed by atoms with Gasteiger partial charge in [-0.3, -0.25) is 0 Å². The molecule has 0 atom stereocenters. The van der Waals surface area contributed by atoms with Crippen molar-refractivity contribution < 1.29 is 47.2 Å². The minimum atomic E-state index is 0. The Balaban J connectivity index is 0.000000248. The molecule has 0 nitrogen and oxygen atoms in total. The van der Waals surface area contributed by atoms with E-state index in [0.717, 1.165) is 9.52 Å². The van der Waals surface area contributed by atoms with E-state index in [0.29, 0.717) is 0 Å². The van der Waals surface area contributed by atoms with Gasteiger partial charge in [0.1, 0.15) is 0 Å². The molecule has 52 heavy (non-hydrogen) atoms. The second kappa shape index (κ2) is 21.8. The summed E-state index contributed by atoms with van der Waals surface area (Å²) >= 11 is 0. The molecule has 0 unspecified atom stereocenters. The van der Waals surface area contributed by atoms with Gasteiger partial charge in [0.2, 0.25) is 0 Å². The third kappa shape index (κ3) is 10.8. The second-order valence-electron chi connectivity index (χ2n) is 11.9. The first-order valence-corrected chi connectivity index (χ1v) is 19.2. The molecule has 0 spiro atoms. The van der Waals surface area contributed by atoms with E-state index in [4.69, 9.17) is 0 Å². The van der Waals surface area contributed by atoms with Crippen LogP contribution in [0.25, 0.3) is 66.8 Å². The van der Waals surface area contributed by atoms with Crippen molar-refractivity contribution in [3.63, 3.8) is 0 Å². The van der Waals surface area contributed by atoms with Crippen molar-refractivity contribution in [3.05, 3.63) is 206 Å². The third-order valence-electron chi connectivity index (χ3n) is 8.33. The minimum Gasteiger partial charge on any atom is -1.00 e. The Morgan fingerprint density at radius 3 is 0.788 bits per heavy atom. The van der Waals surface area contributed by atoms with Gasteiger partial charge in [0.15, 0.2) is 0 Å². The van der Waals surface area contributed by atoms with E-state index in [-0.39, 0.29) is 47.2 Å². The Kier molecular flexibility index (Phi) is 17.6. The molecule has 0 bridgehead atoms. The van der Waals surface area contributed by atoms with Gasteiger partial charge in [0.05, 0.1) is 0 Å². The maximum absolute atomic E-state index is 2.30. The molecule has 8 aromatic rings. The summed E-state index contributed by atoms with van der Waals surface area (Å²) in [6, 6.07) is 72.8. The van der Waals surface area contributed by atoms with Crippen LogP contribution in [0.2, 0.25) is 13.1 Å². The van der Waals surface area contributed by atoms with Crippen molar-refractivity contribution in [3.8, 4) is 66.8 Å². The van der Waals surface area contributed by atoms with Gasteiger partial charge in [-0.1, -0.05) is 228 Å². The molecule has 8 aromatic carbocycles. The van der Waals surface area contributed by atoms with Crippen LogP contribution in [0.5, 0.6) is 0 Å². The fourth-order valence-electron chi connectivity index (χ4n) is 6.04. The van der Waals surface area contributed by atoms with Gasteiger partial charge in [-0.15, -0.1) is 57.6 Å². The smallest absolute Gasteiger partial charge is 1.00 e. The standard InChI is InChI=1S/2C23H17.C2H7Si.2ClH.Ta/c2*1-4-10-18(11-5-1)21-16-22(19-12-6-2-7-13-19)23(17-21)20-14-8-3-9-15-20;1-3-2;;;/h2*1-17H;3H,1-2H3;2*1H;/q2*-1;;;;+2/p-2. The van der Waals surface area contributed by atoms with Gasteiger partial charge >= 0.3 is 22.4 Å². The van der Waals surface area contributed by atoms with Crippen LogP contribution in [0.3, 0.4) is 0 Å². The van der Waals surface area contributed by atoms with Crippen LogP contribution >= 0.6 is 0 Å². The van der Waals surface area contributed by atoms with Crippen molar-refractivity contribution in [1.29, 1.82) is 0 Å². The van der Waals surface area contributed by atoms with E-state index in [1.165, 1.54) is 66.8 Å². The SMILES string of the molecule is C[SiH]C.[Cl-].[Cl-].[Ta+2].c1ccc(-c2cc(-c3ccccc3)c(-c3ccccc3)[cH-]2)cc1.c1ccc(-c2cc(-c3ccccc3)c(-c3ccccc3)[cH-]2)cc1. The Hall–Kier alpha value is -4.44. The Bertz CT molecular complexity index is 1860. The molecule has 0 fully saturated rings. The van der Waals surface area contributed by atoms with E-state index in [1.807, 2.05) is 0 Å². The molecule has 2 radical (unpaired) electrons. The number of rotatable bonds is 6. The molecular weight excluding hydrogens is 856 g/mol. The van der Waals surface area contributed by atoms with E-state index >= 15 is 0 Å². The molecule has 0 saturated heterocycles. The molecule has 0 aliphatic carbocycles. The topological polar surface area (TPSA) is 0 Å². The van der Waals surface area contributed by atoms with Gasteiger partial charge in [-0.2, -0.15) is 0 Å². The summed E-state index contributed by atoms with van der Waals surface area (Å²) < 4.78 is 0. The van der Waals surface area contributed by atoms with E-state index < -0.39 is 0 Å². The average Bonchev–Trinajstić information content (AvgIpc) is 3.84. The third-order valence-corrected chi connectivity index (χ3v) is 8.33. The summed E-state index contributed by atoms with van der Waals surface area (Å²) in [5.41, 5.74) is 15.2. The molecule has 0 aromatic heterocycles. The molecule has 0 N–H and O–H groups in total. The van der Waals surface area contributed by atoms with Crippen LogP contribution in [0, 0.1) is 0 Å². The van der Waals surface area contributed by atoms with Gasteiger partial charge in [0, 0.05) is 9.52 Å². The van der Waals surface area contributed by atoms with Crippen LogP contribution in [0.15, 0.2) is 206 Å². The molecule has 258 valence electrons. The molecule has 0 heterocycles. The summed E-state index contributed by atoms with van der Waals surface area (Å²) in [7, 11) is 0.750. The fraction of sp³-hybridized carbons (Fsp3) is 0.0417. The van der Waals surface area contributed by atoms with Gasteiger partial charge in [-0.25, -0.2) is 0 Å². The van der Waals surface area contributed by atoms with Gasteiger partial charge < -0.3 is 24.8 Å². The minimum absolute atomic E-state index is 0. The summed E-state index contributed by atoms with van der Waals surface area (Å²) in [6.45, 7) is 4.42. The molecule has 0 aliphatic heterocycles. The monoisotopic (exact) mass is 896 g/mol. The Labute approximate surface area is 340 Å². The average molecular weight is 898 g/mol. The molecule has 0 aliphatic rings. The van der Waals surface area contributed by atoms with Crippen molar-refractivity contribution in [1.82, 2.24) is 0 Å². The number of benzene rings is 6. The molecular formula is C48H41Cl2SiTa-2. The second-order valence-corrected chi connectivity index (χ2v) is 13.1. The zero-order chi connectivity index (χ0) is 33.7. The van der Waals surface area contributed by atoms with Gasteiger partial charge in [0.25, 0.3) is 0 Å². The summed E-state index contributed by atoms with van der Waals surface area (Å²) in [5, 5.41) is 0. The Morgan fingerprint density at radius 2 is 0.538 bits per heavy atom. The van der Waals surface area contributed by atoms with Crippen LogP contribution in [0.4, 0.5) is 0 Å². The first-order chi connectivity index (χ1) is 24.2. The number of hydrogen-bond donors (Lipinski definition) is 0.